The predicted octanol–water partition coefficient (Wildman–Crippen LogP) is 4.32. The number of hydrogen-bond acceptors (Lipinski definition) is 8. The van der Waals surface area contributed by atoms with Gasteiger partial charge in [0.15, 0.2) is 0 Å². The number of pyridine rings is 1. The molecule has 1 aliphatic heterocycles. The van der Waals surface area contributed by atoms with Crippen molar-refractivity contribution in [2.75, 3.05) is 56.7 Å². The first-order chi connectivity index (χ1) is 18.7. The van der Waals surface area contributed by atoms with Crippen molar-refractivity contribution < 1.29 is 4.74 Å². The van der Waals surface area contributed by atoms with Crippen molar-refractivity contribution in [1.29, 1.82) is 0 Å². The van der Waals surface area contributed by atoms with E-state index in [1.807, 2.05) is 35.3 Å². The van der Waals surface area contributed by atoms with Crippen LogP contribution in [0.2, 0.25) is 0 Å². The molecule has 4 heterocycles. The lowest BCUT2D eigenvalue weighted by atomic mass is 10.1. The van der Waals surface area contributed by atoms with Crippen LogP contribution >= 0.6 is 0 Å². The number of rotatable bonds is 10. The Labute approximate surface area is 223 Å². The molecule has 1 saturated carbocycles. The summed E-state index contributed by atoms with van der Waals surface area (Å²) in [6.07, 6.45) is 10.2. The molecular weight excluding hydrogens is 476 g/mol. The topological polar surface area (TPSA) is 84.2 Å². The number of methoxy groups -OCH3 is 1. The van der Waals surface area contributed by atoms with Crippen LogP contribution in [0, 0.1) is 5.92 Å². The van der Waals surface area contributed by atoms with Gasteiger partial charge in [-0.2, -0.15) is 5.10 Å². The first-order valence-corrected chi connectivity index (χ1v) is 13.4. The Balaban J connectivity index is 1.16. The zero-order valence-corrected chi connectivity index (χ0v) is 21.8. The quantitative estimate of drug-likeness (QED) is 0.338. The zero-order valence-electron chi connectivity index (χ0n) is 21.8. The van der Waals surface area contributed by atoms with Crippen LogP contribution < -0.4 is 10.2 Å². The molecule has 0 atom stereocenters. The average molecular weight is 511 g/mol. The molecule has 3 aromatic heterocycles. The highest BCUT2D eigenvalue weighted by atomic mass is 16.5. The molecule has 0 bridgehead atoms. The van der Waals surface area contributed by atoms with E-state index >= 15 is 0 Å². The van der Waals surface area contributed by atoms with Crippen molar-refractivity contribution in [3.05, 3.63) is 67.3 Å². The van der Waals surface area contributed by atoms with Crippen LogP contribution in [0.15, 0.2) is 67.3 Å². The van der Waals surface area contributed by atoms with Gasteiger partial charge in [-0.1, -0.05) is 0 Å². The second kappa shape index (κ2) is 11.3. The van der Waals surface area contributed by atoms with E-state index in [2.05, 4.69) is 49.4 Å². The third kappa shape index (κ3) is 5.84. The summed E-state index contributed by atoms with van der Waals surface area (Å²) >= 11 is 0. The first-order valence-electron chi connectivity index (χ1n) is 13.4. The van der Waals surface area contributed by atoms with Gasteiger partial charge in [0.25, 0.3) is 0 Å². The van der Waals surface area contributed by atoms with Crippen molar-refractivity contribution in [2.24, 2.45) is 5.92 Å². The van der Waals surface area contributed by atoms with E-state index in [1.54, 1.807) is 19.5 Å². The second-order valence-corrected chi connectivity index (χ2v) is 10.1. The number of piperazine rings is 1. The monoisotopic (exact) mass is 510 g/mol. The molecule has 1 saturated heterocycles. The molecule has 196 valence electrons. The van der Waals surface area contributed by atoms with Crippen molar-refractivity contribution in [3.63, 3.8) is 0 Å². The maximum absolute atomic E-state index is 5.25. The van der Waals surface area contributed by atoms with Crippen molar-refractivity contribution in [1.82, 2.24) is 29.6 Å². The fraction of sp³-hybridized carbons (Fsp3) is 0.379. The predicted molar refractivity (Wildman–Crippen MR) is 149 cm³/mol. The summed E-state index contributed by atoms with van der Waals surface area (Å²) in [5.41, 5.74) is 5.72. The normalized spacial score (nSPS) is 16.1. The summed E-state index contributed by atoms with van der Waals surface area (Å²) in [6, 6.07) is 14.4. The van der Waals surface area contributed by atoms with Gasteiger partial charge < -0.3 is 15.0 Å². The van der Waals surface area contributed by atoms with Gasteiger partial charge in [0.1, 0.15) is 5.69 Å². The molecular formula is C29H34N8O. The van der Waals surface area contributed by atoms with Crippen LogP contribution in [0.1, 0.15) is 12.8 Å². The Morgan fingerprint density at radius 2 is 1.84 bits per heavy atom. The van der Waals surface area contributed by atoms with Gasteiger partial charge in [0.2, 0.25) is 5.95 Å². The van der Waals surface area contributed by atoms with Gasteiger partial charge in [0.05, 0.1) is 18.8 Å². The molecule has 1 aliphatic carbocycles. The third-order valence-corrected chi connectivity index (χ3v) is 7.23. The van der Waals surface area contributed by atoms with Crippen molar-refractivity contribution in [3.8, 4) is 22.5 Å². The first kappa shape index (κ1) is 24.5. The van der Waals surface area contributed by atoms with Crippen LogP contribution in [0.3, 0.4) is 0 Å². The molecule has 0 spiro atoms. The number of ether oxygens (including phenoxy) is 1. The number of hydrogen-bond donors (Lipinski definition) is 1. The number of nitrogens with zero attached hydrogens (tertiary/aromatic N) is 7. The number of nitrogens with one attached hydrogen (secondary N) is 1. The van der Waals surface area contributed by atoms with E-state index < -0.39 is 0 Å². The SMILES string of the molecule is COCCn1cc(-c2ccnc(Nc3ccc(N4CCN(CC5CC5)CC4)cc3)n2)c(-c2cccnc2)n1. The summed E-state index contributed by atoms with van der Waals surface area (Å²) in [4.78, 5) is 18.7. The minimum atomic E-state index is 0.547. The van der Waals surface area contributed by atoms with E-state index in [-0.39, 0.29) is 0 Å². The van der Waals surface area contributed by atoms with Gasteiger partial charge in [0, 0.05) is 87.1 Å². The fourth-order valence-corrected chi connectivity index (χ4v) is 4.93. The Bertz CT molecular complexity index is 1330. The summed E-state index contributed by atoms with van der Waals surface area (Å²) in [5, 5.41) is 8.16. The van der Waals surface area contributed by atoms with Gasteiger partial charge >= 0.3 is 0 Å². The Kier molecular flexibility index (Phi) is 7.28. The summed E-state index contributed by atoms with van der Waals surface area (Å²) < 4.78 is 7.14. The molecule has 38 heavy (non-hydrogen) atoms. The minimum absolute atomic E-state index is 0.547. The lowest BCUT2D eigenvalue weighted by molar-refractivity contribution is 0.183. The number of anilines is 3. The molecule has 6 rings (SSSR count). The molecule has 0 amide bonds. The molecule has 9 heteroatoms. The Hall–Kier alpha value is -3.82. The van der Waals surface area contributed by atoms with Gasteiger partial charge in [-0.15, -0.1) is 0 Å². The summed E-state index contributed by atoms with van der Waals surface area (Å²) in [5.74, 6) is 1.51. The van der Waals surface area contributed by atoms with E-state index in [9.17, 15) is 0 Å². The van der Waals surface area contributed by atoms with Crippen LogP contribution in [0.4, 0.5) is 17.3 Å². The van der Waals surface area contributed by atoms with E-state index in [4.69, 9.17) is 14.8 Å². The second-order valence-electron chi connectivity index (χ2n) is 10.1. The van der Waals surface area contributed by atoms with E-state index in [1.165, 1.54) is 25.1 Å². The van der Waals surface area contributed by atoms with Crippen molar-refractivity contribution >= 4 is 17.3 Å². The molecule has 9 nitrogen and oxygen atoms in total. The summed E-state index contributed by atoms with van der Waals surface area (Å²) in [6.45, 7) is 7.00. The van der Waals surface area contributed by atoms with Crippen LogP contribution in [-0.2, 0) is 11.3 Å². The lowest BCUT2D eigenvalue weighted by Crippen LogP contribution is -2.47. The summed E-state index contributed by atoms with van der Waals surface area (Å²) in [7, 11) is 1.69. The minimum Gasteiger partial charge on any atom is -0.383 e. The van der Waals surface area contributed by atoms with E-state index in [0.717, 1.165) is 60.3 Å². The number of aromatic nitrogens is 5. The smallest absolute Gasteiger partial charge is 0.227 e. The molecule has 0 radical (unpaired) electrons. The van der Waals surface area contributed by atoms with Crippen LogP contribution in [0.5, 0.6) is 0 Å². The fourth-order valence-electron chi connectivity index (χ4n) is 4.93. The molecule has 4 aromatic rings. The maximum atomic E-state index is 5.25. The van der Waals surface area contributed by atoms with Crippen LogP contribution in [0.25, 0.3) is 22.5 Å². The molecule has 1 N–H and O–H groups in total. The Morgan fingerprint density at radius 3 is 2.58 bits per heavy atom. The highest BCUT2D eigenvalue weighted by molar-refractivity contribution is 5.78. The van der Waals surface area contributed by atoms with Crippen LogP contribution in [-0.4, -0.2) is 76.1 Å². The third-order valence-electron chi connectivity index (χ3n) is 7.23. The highest BCUT2D eigenvalue weighted by Crippen LogP contribution is 2.31. The maximum Gasteiger partial charge on any atom is 0.227 e. The molecule has 1 aromatic carbocycles. The molecule has 2 fully saturated rings. The van der Waals surface area contributed by atoms with Gasteiger partial charge in [-0.3, -0.25) is 14.6 Å². The van der Waals surface area contributed by atoms with E-state index in [0.29, 0.717) is 19.1 Å². The van der Waals surface area contributed by atoms with Gasteiger partial charge in [-0.25, -0.2) is 9.97 Å². The lowest BCUT2D eigenvalue weighted by Gasteiger charge is -2.36. The van der Waals surface area contributed by atoms with Gasteiger partial charge in [-0.05, 0) is 61.2 Å². The largest absolute Gasteiger partial charge is 0.383 e. The standard InChI is InChI=1S/C29H34N8O/c1-38-18-17-37-21-26(28(34-37)23-3-2-11-30-19-23)27-10-12-31-29(33-27)32-24-6-8-25(9-7-24)36-15-13-35(14-16-36)20-22-4-5-22/h2-3,6-12,19,21-22H,4-5,13-18,20H2,1H3,(H,31,32,33). The average Bonchev–Trinajstić information content (AvgIpc) is 3.68. The molecule has 0 unspecified atom stereocenters. The highest BCUT2D eigenvalue weighted by Gasteiger charge is 2.26. The number of benzene rings is 1. The van der Waals surface area contributed by atoms with Crippen molar-refractivity contribution in [2.45, 2.75) is 19.4 Å². The Morgan fingerprint density at radius 1 is 1.00 bits per heavy atom. The zero-order chi connectivity index (χ0) is 25.7. The molecule has 2 aliphatic rings.